The van der Waals surface area contributed by atoms with Crippen molar-refractivity contribution < 1.29 is 27.7 Å². The summed E-state index contributed by atoms with van der Waals surface area (Å²) in [6.07, 6.45) is 0.111. The Balaban J connectivity index is -0.000000167. The van der Waals surface area contributed by atoms with Crippen molar-refractivity contribution in [3.8, 4) is 0 Å². The Hall–Kier alpha value is -0.300. The molecule has 4 nitrogen and oxygen atoms in total. The molecule has 6 heteroatoms. The van der Waals surface area contributed by atoms with Crippen LogP contribution in [-0.4, -0.2) is 48.8 Å². The predicted molar refractivity (Wildman–Crippen MR) is 130 cm³/mol. The van der Waals surface area contributed by atoms with Crippen LogP contribution in [0.25, 0.3) is 0 Å². The van der Waals surface area contributed by atoms with E-state index in [4.69, 9.17) is 14.2 Å². The van der Waals surface area contributed by atoms with Crippen molar-refractivity contribution in [2.24, 2.45) is 5.92 Å². The number of ether oxygens (including phenoxy) is 4. The van der Waals surface area contributed by atoms with Crippen LogP contribution in [0.5, 0.6) is 0 Å². The van der Waals surface area contributed by atoms with Gasteiger partial charge in [0, 0.05) is 0 Å². The number of alkyl halides is 2. The van der Waals surface area contributed by atoms with E-state index in [1.807, 2.05) is 41.5 Å². The van der Waals surface area contributed by atoms with Crippen LogP contribution in [0.2, 0.25) is 0 Å². The monoisotopic (exact) mass is 458 g/mol. The molecule has 0 heterocycles. The second-order valence-electron chi connectivity index (χ2n) is 10.00. The van der Waals surface area contributed by atoms with Gasteiger partial charge in [-0.2, -0.15) is 0 Å². The first kappa shape index (κ1) is 38.0. The number of halogens is 2. The van der Waals surface area contributed by atoms with Gasteiger partial charge in [0.1, 0.15) is 0 Å². The van der Waals surface area contributed by atoms with Gasteiger partial charge in [-0.15, -0.1) is 0 Å². The minimum atomic E-state index is -0.669. The zero-order chi connectivity index (χ0) is 26.0. The van der Waals surface area contributed by atoms with Gasteiger partial charge in [-0.1, -0.05) is 13.8 Å². The van der Waals surface area contributed by atoms with Crippen molar-refractivity contribution in [3.63, 3.8) is 0 Å². The minimum Gasteiger partial charge on any atom is -0.373 e. The van der Waals surface area contributed by atoms with Gasteiger partial charge in [-0.3, -0.25) is 0 Å². The summed E-state index contributed by atoms with van der Waals surface area (Å²) < 4.78 is 43.1. The molecule has 0 radical (unpaired) electrons. The second-order valence-corrected chi connectivity index (χ2v) is 10.00. The highest BCUT2D eigenvalue weighted by Gasteiger charge is 2.23. The molecule has 0 saturated carbocycles. The first-order chi connectivity index (χ1) is 13.7. The summed E-state index contributed by atoms with van der Waals surface area (Å²) in [6.45, 7) is 30.6. The highest BCUT2D eigenvalue weighted by Crippen LogP contribution is 2.21. The second kappa shape index (κ2) is 20.3. The molecular formula is C25H56F2O4. The molecule has 0 N–H and O–H groups in total. The Bertz CT molecular complexity index is 352. The third kappa shape index (κ3) is 40.6. The van der Waals surface area contributed by atoms with E-state index in [0.29, 0.717) is 12.0 Å². The molecule has 0 aromatic heterocycles. The Morgan fingerprint density at radius 3 is 0.968 bits per heavy atom. The van der Waals surface area contributed by atoms with Crippen LogP contribution < -0.4 is 0 Å². The molecule has 0 spiro atoms. The first-order valence-electron chi connectivity index (χ1n) is 11.5. The average molecular weight is 459 g/mol. The lowest BCUT2D eigenvalue weighted by atomic mass is 9.94. The van der Waals surface area contributed by atoms with Gasteiger partial charge in [0.15, 0.2) is 12.6 Å². The third-order valence-electron chi connectivity index (χ3n) is 3.37. The van der Waals surface area contributed by atoms with Crippen molar-refractivity contribution in [2.45, 2.75) is 153 Å². The summed E-state index contributed by atoms with van der Waals surface area (Å²) in [7, 11) is 0. The summed E-state index contributed by atoms with van der Waals surface area (Å²) in [6, 6.07) is 0. The maximum absolute atomic E-state index is 11.0. The number of hydrogen-bond donors (Lipinski definition) is 0. The van der Waals surface area contributed by atoms with Crippen LogP contribution >= 0.6 is 0 Å². The lowest BCUT2D eigenvalue weighted by molar-refractivity contribution is -0.246. The smallest absolute Gasteiger partial charge is 0.188 e. The summed E-state index contributed by atoms with van der Waals surface area (Å²) in [5, 5.41) is 0. The number of rotatable bonds is 9. The molecule has 0 atom stereocenters. The van der Waals surface area contributed by atoms with Crippen molar-refractivity contribution in [1.82, 2.24) is 0 Å². The van der Waals surface area contributed by atoms with Crippen LogP contribution in [0.3, 0.4) is 0 Å². The van der Waals surface area contributed by atoms with E-state index in [2.05, 4.69) is 46.3 Å². The molecule has 0 rings (SSSR count). The van der Waals surface area contributed by atoms with Gasteiger partial charge in [-0.25, -0.2) is 8.78 Å². The maximum atomic E-state index is 11.0. The van der Waals surface area contributed by atoms with E-state index < -0.39 is 18.8 Å². The Morgan fingerprint density at radius 2 is 0.871 bits per heavy atom. The van der Waals surface area contributed by atoms with Crippen LogP contribution in [0.1, 0.15) is 111 Å². The minimum absolute atomic E-state index is 0.0220. The summed E-state index contributed by atoms with van der Waals surface area (Å²) in [5.74, 6) is 0.123. The molecule has 0 aliphatic rings. The van der Waals surface area contributed by atoms with E-state index in [1.54, 1.807) is 13.8 Å². The molecule has 0 fully saturated rings. The molecule has 0 saturated heterocycles. The van der Waals surface area contributed by atoms with Crippen molar-refractivity contribution in [3.05, 3.63) is 0 Å². The fourth-order valence-corrected chi connectivity index (χ4v) is 2.03. The molecule has 194 valence electrons. The highest BCUT2D eigenvalue weighted by molar-refractivity contribution is 4.73. The van der Waals surface area contributed by atoms with Gasteiger partial charge in [0.05, 0.1) is 36.2 Å². The molecule has 0 aliphatic carbocycles. The number of hydrogen-bond acceptors (Lipinski definition) is 4. The van der Waals surface area contributed by atoms with Crippen molar-refractivity contribution in [2.75, 3.05) is 6.86 Å². The molecule has 0 aromatic carbocycles. The standard InChI is InChI=1S/C9H20O2.C9H20O.C4H9FO.C3H7F/c1-7(2)10-9(5,6)11-8(3)4;1-7(2)9(5,6)10-8(3)4;1-4(2)6-3-5;1-3(2)4/h7-8H,1-6H3;7-8H,1-6H3;4H,3H2,1-2H3;3H,1-2H3. The molecule has 0 amide bonds. The fraction of sp³-hybridized carbons (Fsp3) is 1.00. The summed E-state index contributed by atoms with van der Waals surface area (Å²) in [4.78, 5) is 0. The van der Waals surface area contributed by atoms with Gasteiger partial charge in [-0.05, 0) is 103 Å². The van der Waals surface area contributed by atoms with Gasteiger partial charge < -0.3 is 18.9 Å². The summed E-state index contributed by atoms with van der Waals surface area (Å²) in [5.41, 5.74) is 0.0220. The van der Waals surface area contributed by atoms with Crippen LogP contribution in [0.4, 0.5) is 8.78 Å². The highest BCUT2D eigenvalue weighted by atomic mass is 19.1. The molecule has 31 heavy (non-hydrogen) atoms. The maximum Gasteiger partial charge on any atom is 0.188 e. The van der Waals surface area contributed by atoms with E-state index in [0.717, 1.165) is 0 Å². The summed E-state index contributed by atoms with van der Waals surface area (Å²) >= 11 is 0. The van der Waals surface area contributed by atoms with E-state index in [-0.39, 0.29) is 23.9 Å². The van der Waals surface area contributed by atoms with Crippen LogP contribution in [0.15, 0.2) is 0 Å². The lowest BCUT2D eigenvalue weighted by Crippen LogP contribution is -2.33. The largest absolute Gasteiger partial charge is 0.373 e. The topological polar surface area (TPSA) is 36.9 Å². The fourth-order valence-electron chi connectivity index (χ4n) is 2.03. The van der Waals surface area contributed by atoms with Crippen LogP contribution in [0, 0.1) is 5.92 Å². The SMILES string of the molecule is CC(C)F.CC(C)OC(C)(C)C(C)C.CC(C)OC(C)(C)OC(C)C.CC(C)OCF. The third-order valence-corrected chi connectivity index (χ3v) is 3.37. The van der Waals surface area contributed by atoms with Crippen molar-refractivity contribution >= 4 is 0 Å². The first-order valence-corrected chi connectivity index (χ1v) is 11.5. The average Bonchev–Trinajstić information content (AvgIpc) is 2.42. The lowest BCUT2D eigenvalue weighted by Gasteiger charge is -2.31. The van der Waals surface area contributed by atoms with Gasteiger partial charge >= 0.3 is 0 Å². The van der Waals surface area contributed by atoms with E-state index in [1.165, 1.54) is 13.8 Å². The molecule has 0 bridgehead atoms. The quantitative estimate of drug-likeness (QED) is 0.327. The molecule has 0 unspecified atom stereocenters. The Labute approximate surface area is 193 Å². The van der Waals surface area contributed by atoms with Gasteiger partial charge in [0.2, 0.25) is 0 Å². The van der Waals surface area contributed by atoms with Crippen LogP contribution in [-0.2, 0) is 18.9 Å². The van der Waals surface area contributed by atoms with Gasteiger partial charge in [0.25, 0.3) is 0 Å². The van der Waals surface area contributed by atoms with E-state index >= 15 is 0 Å². The zero-order valence-electron chi connectivity index (χ0n) is 23.6. The molecule has 0 aromatic rings. The van der Waals surface area contributed by atoms with Crippen molar-refractivity contribution in [1.29, 1.82) is 0 Å². The zero-order valence-corrected chi connectivity index (χ0v) is 23.6. The Kier molecular flexibility index (Phi) is 24.9. The Morgan fingerprint density at radius 1 is 0.581 bits per heavy atom. The predicted octanol–water partition coefficient (Wildman–Crippen LogP) is 8.12. The normalized spacial score (nSPS) is 12.0. The molecule has 0 aliphatic heterocycles. The van der Waals surface area contributed by atoms with E-state index in [9.17, 15) is 8.78 Å². The molecular weight excluding hydrogens is 402 g/mol.